The van der Waals surface area contributed by atoms with Crippen LogP contribution in [-0.2, 0) is 10.0 Å². The van der Waals surface area contributed by atoms with Crippen LogP contribution in [0.4, 0.5) is 5.69 Å². The van der Waals surface area contributed by atoms with Gasteiger partial charge in [-0.2, -0.15) is 0 Å². The van der Waals surface area contributed by atoms with Crippen molar-refractivity contribution in [3.8, 4) is 11.1 Å². The Hall–Kier alpha value is -2.74. The lowest BCUT2D eigenvalue weighted by Crippen LogP contribution is -2.26. The Balaban J connectivity index is 1.46. The Bertz CT molecular complexity index is 1160. The van der Waals surface area contributed by atoms with E-state index in [1.54, 1.807) is 48.5 Å². The lowest BCUT2D eigenvalue weighted by atomic mass is 10.1. The van der Waals surface area contributed by atoms with Crippen molar-refractivity contribution in [2.24, 2.45) is 0 Å². The van der Waals surface area contributed by atoms with Gasteiger partial charge >= 0.3 is 0 Å². The van der Waals surface area contributed by atoms with Crippen LogP contribution in [0.3, 0.4) is 0 Å². The minimum Gasteiger partial charge on any atom is -0.258 e. The summed E-state index contributed by atoms with van der Waals surface area (Å²) < 4.78 is 28.1. The van der Waals surface area contributed by atoms with Crippen molar-refractivity contribution < 1.29 is 13.3 Å². The maximum atomic E-state index is 12.7. The molecule has 0 spiro atoms. The van der Waals surface area contributed by atoms with Crippen molar-refractivity contribution in [2.45, 2.75) is 23.3 Å². The number of benzene rings is 3. The standard InChI is InChI=1S/C21H17ClN2O4S/c22-17-8-4-14(5-9-17)15-6-10-19(11-7-15)29(27,28)23-21-13-20(21)16-2-1-3-18(12-16)24(25)26/h1-12,20-21,23H,13H2/t20-,21+/m0/s1. The second kappa shape index (κ2) is 7.59. The van der Waals surface area contributed by atoms with Gasteiger partial charge in [0.15, 0.2) is 0 Å². The Kier molecular flexibility index (Phi) is 5.12. The average molecular weight is 429 g/mol. The number of hydrogen-bond acceptors (Lipinski definition) is 4. The van der Waals surface area contributed by atoms with E-state index < -0.39 is 14.9 Å². The summed E-state index contributed by atoms with van der Waals surface area (Å²) in [6.45, 7) is 0. The fraction of sp³-hybridized carbons (Fsp3) is 0.143. The van der Waals surface area contributed by atoms with Crippen LogP contribution in [0, 0.1) is 10.1 Å². The van der Waals surface area contributed by atoms with Gasteiger partial charge in [0.2, 0.25) is 10.0 Å². The zero-order chi connectivity index (χ0) is 20.6. The van der Waals surface area contributed by atoms with Crippen molar-refractivity contribution in [3.63, 3.8) is 0 Å². The molecule has 148 valence electrons. The summed E-state index contributed by atoms with van der Waals surface area (Å²) in [6.07, 6.45) is 0.614. The summed E-state index contributed by atoms with van der Waals surface area (Å²) in [5.41, 5.74) is 2.61. The number of nitrogens with one attached hydrogen (secondary N) is 1. The van der Waals surface area contributed by atoms with Crippen LogP contribution in [0.15, 0.2) is 77.7 Å². The molecule has 1 fully saturated rings. The van der Waals surface area contributed by atoms with Crippen molar-refractivity contribution in [1.82, 2.24) is 4.72 Å². The lowest BCUT2D eigenvalue weighted by Gasteiger charge is -2.08. The second-order valence-electron chi connectivity index (χ2n) is 6.95. The molecule has 29 heavy (non-hydrogen) atoms. The van der Waals surface area contributed by atoms with Crippen molar-refractivity contribution in [3.05, 3.63) is 93.5 Å². The quantitative estimate of drug-likeness (QED) is 0.453. The Morgan fingerprint density at radius 1 is 0.966 bits per heavy atom. The van der Waals surface area contributed by atoms with Gasteiger partial charge in [0.1, 0.15) is 0 Å². The molecule has 0 aliphatic heterocycles. The molecule has 1 aliphatic rings. The molecule has 1 N–H and O–H groups in total. The molecule has 0 amide bonds. The van der Waals surface area contributed by atoms with E-state index in [2.05, 4.69) is 4.72 Å². The molecule has 0 unspecified atom stereocenters. The number of nitro benzene ring substituents is 1. The van der Waals surface area contributed by atoms with Crippen LogP contribution in [0.25, 0.3) is 11.1 Å². The Morgan fingerprint density at radius 2 is 1.59 bits per heavy atom. The van der Waals surface area contributed by atoms with Gasteiger partial charge in [-0.15, -0.1) is 0 Å². The van der Waals surface area contributed by atoms with E-state index in [-0.39, 0.29) is 22.5 Å². The molecule has 2 atom stereocenters. The van der Waals surface area contributed by atoms with E-state index in [4.69, 9.17) is 11.6 Å². The number of nitro groups is 1. The van der Waals surface area contributed by atoms with Crippen LogP contribution in [0.5, 0.6) is 0 Å². The van der Waals surface area contributed by atoms with Crippen LogP contribution in [0.1, 0.15) is 17.9 Å². The van der Waals surface area contributed by atoms with E-state index in [1.165, 1.54) is 12.1 Å². The summed E-state index contributed by atoms with van der Waals surface area (Å²) in [6, 6.07) is 20.0. The maximum Gasteiger partial charge on any atom is 0.269 e. The lowest BCUT2D eigenvalue weighted by molar-refractivity contribution is -0.384. The highest BCUT2D eigenvalue weighted by Crippen LogP contribution is 2.42. The maximum absolute atomic E-state index is 12.7. The van der Waals surface area contributed by atoms with Gasteiger partial charge in [-0.1, -0.05) is 48.0 Å². The van der Waals surface area contributed by atoms with E-state index in [1.807, 2.05) is 12.1 Å². The fourth-order valence-corrected chi connectivity index (χ4v) is 4.71. The molecule has 3 aromatic rings. The number of nitrogens with zero attached hydrogens (tertiary/aromatic N) is 1. The van der Waals surface area contributed by atoms with Crippen LogP contribution < -0.4 is 4.72 Å². The third-order valence-corrected chi connectivity index (χ3v) is 6.71. The molecule has 0 saturated heterocycles. The van der Waals surface area contributed by atoms with Crippen LogP contribution >= 0.6 is 11.6 Å². The number of non-ortho nitro benzene ring substituents is 1. The molecule has 8 heteroatoms. The molecule has 1 aliphatic carbocycles. The number of sulfonamides is 1. The summed E-state index contributed by atoms with van der Waals surface area (Å²) in [7, 11) is -3.68. The zero-order valence-corrected chi connectivity index (χ0v) is 16.7. The number of halogens is 1. The molecular formula is C21H17ClN2O4S. The predicted octanol–water partition coefficient (Wildman–Crippen LogP) is 4.75. The zero-order valence-electron chi connectivity index (χ0n) is 15.2. The monoisotopic (exact) mass is 428 g/mol. The number of rotatable bonds is 6. The van der Waals surface area contributed by atoms with Gasteiger partial charge in [-0.05, 0) is 47.4 Å². The fourth-order valence-electron chi connectivity index (χ4n) is 3.30. The first-order valence-corrected chi connectivity index (χ1v) is 10.8. The minimum absolute atomic E-state index is 0.00814. The molecule has 1 saturated carbocycles. The molecule has 3 aromatic carbocycles. The molecule has 4 rings (SSSR count). The SMILES string of the molecule is O=[N+]([O-])c1cccc([C@@H]2C[C@H]2NS(=O)(=O)c2ccc(-c3ccc(Cl)cc3)cc2)c1. The summed E-state index contributed by atoms with van der Waals surface area (Å²) in [5, 5.41) is 11.6. The van der Waals surface area contributed by atoms with E-state index in [0.717, 1.165) is 16.7 Å². The molecule has 0 bridgehead atoms. The third-order valence-electron chi connectivity index (χ3n) is 4.95. The van der Waals surface area contributed by atoms with Crippen LogP contribution in [-0.4, -0.2) is 19.4 Å². The second-order valence-corrected chi connectivity index (χ2v) is 9.10. The molecule has 0 heterocycles. The van der Waals surface area contributed by atoms with Gasteiger partial charge in [0.25, 0.3) is 5.69 Å². The first-order valence-electron chi connectivity index (χ1n) is 8.96. The van der Waals surface area contributed by atoms with E-state index in [9.17, 15) is 18.5 Å². The molecule has 6 nitrogen and oxygen atoms in total. The smallest absolute Gasteiger partial charge is 0.258 e. The summed E-state index contributed by atoms with van der Waals surface area (Å²) in [5.74, 6) is -0.0574. The van der Waals surface area contributed by atoms with E-state index >= 15 is 0 Å². The molecule has 0 radical (unpaired) electrons. The first kappa shape index (κ1) is 19.6. The highest BCUT2D eigenvalue weighted by atomic mass is 35.5. The van der Waals surface area contributed by atoms with Gasteiger partial charge in [0.05, 0.1) is 9.82 Å². The van der Waals surface area contributed by atoms with Gasteiger partial charge < -0.3 is 0 Å². The van der Waals surface area contributed by atoms with Gasteiger partial charge in [0, 0.05) is 29.1 Å². The Labute approximate surface area is 173 Å². The number of hydrogen-bond donors (Lipinski definition) is 1. The minimum atomic E-state index is -3.68. The van der Waals surface area contributed by atoms with Gasteiger partial charge in [-0.25, -0.2) is 13.1 Å². The van der Waals surface area contributed by atoms with E-state index in [0.29, 0.717) is 11.4 Å². The predicted molar refractivity (Wildman–Crippen MR) is 111 cm³/mol. The molecule has 0 aromatic heterocycles. The third kappa shape index (κ3) is 4.32. The first-order chi connectivity index (χ1) is 13.8. The summed E-state index contributed by atoms with van der Waals surface area (Å²) in [4.78, 5) is 10.7. The summed E-state index contributed by atoms with van der Waals surface area (Å²) >= 11 is 5.90. The Morgan fingerprint density at radius 3 is 2.21 bits per heavy atom. The topological polar surface area (TPSA) is 89.3 Å². The van der Waals surface area contributed by atoms with Crippen molar-refractivity contribution >= 4 is 27.3 Å². The van der Waals surface area contributed by atoms with Gasteiger partial charge in [-0.3, -0.25) is 10.1 Å². The van der Waals surface area contributed by atoms with Crippen molar-refractivity contribution in [2.75, 3.05) is 0 Å². The largest absolute Gasteiger partial charge is 0.269 e. The highest BCUT2D eigenvalue weighted by Gasteiger charge is 2.41. The molecular weight excluding hydrogens is 412 g/mol. The van der Waals surface area contributed by atoms with Crippen LogP contribution in [0.2, 0.25) is 5.02 Å². The normalized spacial score (nSPS) is 18.4. The van der Waals surface area contributed by atoms with Crippen molar-refractivity contribution in [1.29, 1.82) is 0 Å². The average Bonchev–Trinajstić information content (AvgIpc) is 3.47. The highest BCUT2D eigenvalue weighted by molar-refractivity contribution is 7.89.